The number of guanidine groups is 1. The summed E-state index contributed by atoms with van der Waals surface area (Å²) in [5.74, 6) is 2.23. The Kier molecular flexibility index (Phi) is 10.5. The lowest BCUT2D eigenvalue weighted by atomic mass is 9.94. The lowest BCUT2D eigenvalue weighted by Crippen LogP contribution is -2.39. The highest BCUT2D eigenvalue weighted by molar-refractivity contribution is 14.0. The zero-order valence-electron chi connectivity index (χ0n) is 16.3. The van der Waals surface area contributed by atoms with E-state index in [1.54, 1.807) is 6.20 Å². The van der Waals surface area contributed by atoms with Crippen molar-refractivity contribution < 1.29 is 13.9 Å². The number of hydrogen-bond donors (Lipinski definition) is 2. The Bertz CT molecular complexity index is 537. The molecule has 0 bridgehead atoms. The van der Waals surface area contributed by atoms with Gasteiger partial charge in [-0.2, -0.15) is 0 Å². The van der Waals surface area contributed by atoms with E-state index < -0.39 is 0 Å². The molecule has 0 aromatic carbocycles. The summed E-state index contributed by atoms with van der Waals surface area (Å²) in [7, 11) is 0. The summed E-state index contributed by atoms with van der Waals surface area (Å²) in [6.07, 6.45) is 4.29. The SMILES string of the molecule is CCNC(=NCc1ncc(C(C)(C)C)o1)NCCOCC1CCCO1.I. The predicted octanol–water partition coefficient (Wildman–Crippen LogP) is 2.84. The van der Waals surface area contributed by atoms with E-state index in [9.17, 15) is 0 Å². The normalized spacial score (nSPS) is 17.8. The number of halogens is 1. The molecule has 0 radical (unpaired) electrons. The summed E-state index contributed by atoms with van der Waals surface area (Å²) in [5, 5.41) is 6.47. The van der Waals surface area contributed by atoms with Crippen molar-refractivity contribution in [3.63, 3.8) is 0 Å². The van der Waals surface area contributed by atoms with E-state index in [0.29, 0.717) is 32.2 Å². The van der Waals surface area contributed by atoms with Crippen molar-refractivity contribution >= 4 is 29.9 Å². The molecule has 1 aromatic rings. The lowest BCUT2D eigenvalue weighted by molar-refractivity contribution is 0.0191. The van der Waals surface area contributed by atoms with Crippen LogP contribution in [0.15, 0.2) is 15.6 Å². The fraction of sp³-hybridized carbons (Fsp3) is 0.778. The summed E-state index contributed by atoms with van der Waals surface area (Å²) in [4.78, 5) is 8.81. The van der Waals surface area contributed by atoms with Gasteiger partial charge in [0.15, 0.2) is 5.96 Å². The molecule has 0 spiro atoms. The van der Waals surface area contributed by atoms with Gasteiger partial charge in [-0.3, -0.25) is 0 Å². The quantitative estimate of drug-likeness (QED) is 0.258. The highest BCUT2D eigenvalue weighted by Gasteiger charge is 2.19. The maximum atomic E-state index is 5.76. The molecule has 2 rings (SSSR count). The number of rotatable bonds is 8. The number of aromatic nitrogens is 1. The third-order valence-corrected chi connectivity index (χ3v) is 3.88. The van der Waals surface area contributed by atoms with Gasteiger partial charge in [0.1, 0.15) is 12.3 Å². The molecule has 26 heavy (non-hydrogen) atoms. The van der Waals surface area contributed by atoms with E-state index in [2.05, 4.69) is 41.4 Å². The van der Waals surface area contributed by atoms with Gasteiger partial charge >= 0.3 is 0 Å². The summed E-state index contributed by atoms with van der Waals surface area (Å²) in [6, 6.07) is 0. The zero-order chi connectivity index (χ0) is 18.1. The molecule has 1 aliphatic rings. The molecule has 1 atom stereocenters. The topological polar surface area (TPSA) is 80.9 Å². The Labute approximate surface area is 173 Å². The number of nitrogens with zero attached hydrogens (tertiary/aromatic N) is 2. The highest BCUT2D eigenvalue weighted by atomic mass is 127. The van der Waals surface area contributed by atoms with Crippen LogP contribution in [-0.2, 0) is 21.4 Å². The molecule has 8 heteroatoms. The standard InChI is InChI=1S/C18H32N4O3.HI/c1-5-19-17(20-8-10-23-13-14-7-6-9-24-14)22-12-16-21-11-15(25-16)18(2,3)4;/h11,14H,5-10,12-13H2,1-4H3,(H2,19,20,22);1H. The smallest absolute Gasteiger partial charge is 0.216 e. The number of ether oxygens (including phenoxy) is 2. The van der Waals surface area contributed by atoms with Crippen LogP contribution in [0.2, 0.25) is 0 Å². The molecular formula is C18H33IN4O3. The number of nitrogens with one attached hydrogen (secondary N) is 2. The van der Waals surface area contributed by atoms with E-state index in [1.807, 2.05) is 6.92 Å². The average molecular weight is 480 g/mol. The van der Waals surface area contributed by atoms with Gasteiger partial charge in [-0.25, -0.2) is 9.98 Å². The molecule has 0 aliphatic carbocycles. The molecule has 2 N–H and O–H groups in total. The van der Waals surface area contributed by atoms with Gasteiger partial charge in [-0.05, 0) is 19.8 Å². The molecule has 1 saturated heterocycles. The Morgan fingerprint density at radius 3 is 2.81 bits per heavy atom. The molecule has 1 aliphatic heterocycles. The molecule has 2 heterocycles. The Hall–Kier alpha value is -0.870. The van der Waals surface area contributed by atoms with Gasteiger partial charge in [-0.1, -0.05) is 20.8 Å². The fourth-order valence-electron chi connectivity index (χ4n) is 2.45. The second-order valence-electron chi connectivity index (χ2n) is 7.20. The van der Waals surface area contributed by atoms with Crippen molar-refractivity contribution in [3.05, 3.63) is 17.8 Å². The highest BCUT2D eigenvalue weighted by Crippen LogP contribution is 2.22. The summed E-state index contributed by atoms with van der Waals surface area (Å²) in [5.41, 5.74) is -0.0436. The van der Waals surface area contributed by atoms with Gasteiger partial charge < -0.3 is 24.5 Å². The van der Waals surface area contributed by atoms with Gasteiger partial charge in [-0.15, -0.1) is 24.0 Å². The number of aliphatic imine (C=N–C) groups is 1. The summed E-state index contributed by atoms with van der Waals surface area (Å²) in [6.45, 7) is 12.4. The third-order valence-electron chi connectivity index (χ3n) is 3.88. The van der Waals surface area contributed by atoms with E-state index >= 15 is 0 Å². The summed E-state index contributed by atoms with van der Waals surface area (Å²) < 4.78 is 16.9. The van der Waals surface area contributed by atoms with E-state index in [1.165, 1.54) is 0 Å². The minimum Gasteiger partial charge on any atom is -0.443 e. The zero-order valence-corrected chi connectivity index (χ0v) is 18.7. The van der Waals surface area contributed by atoms with Crippen molar-refractivity contribution in [2.75, 3.05) is 32.9 Å². The van der Waals surface area contributed by atoms with Crippen LogP contribution in [0.1, 0.15) is 52.2 Å². The number of oxazole rings is 1. The minimum absolute atomic E-state index is 0. The van der Waals surface area contributed by atoms with Crippen molar-refractivity contribution in [2.45, 2.75) is 58.6 Å². The Morgan fingerprint density at radius 1 is 1.38 bits per heavy atom. The minimum atomic E-state index is -0.0436. The van der Waals surface area contributed by atoms with Crippen LogP contribution in [0, 0.1) is 0 Å². The van der Waals surface area contributed by atoms with Crippen molar-refractivity contribution in [1.82, 2.24) is 15.6 Å². The third kappa shape index (κ3) is 8.22. The molecular weight excluding hydrogens is 447 g/mol. The van der Waals surface area contributed by atoms with Crippen LogP contribution >= 0.6 is 24.0 Å². The predicted molar refractivity (Wildman–Crippen MR) is 113 cm³/mol. The molecule has 150 valence electrons. The molecule has 0 saturated carbocycles. The van der Waals surface area contributed by atoms with Crippen molar-refractivity contribution in [2.24, 2.45) is 4.99 Å². The fourth-order valence-corrected chi connectivity index (χ4v) is 2.45. The first kappa shape index (κ1) is 23.2. The first-order chi connectivity index (χ1) is 12.0. The van der Waals surface area contributed by atoms with Crippen LogP contribution in [-0.4, -0.2) is 50.0 Å². The monoisotopic (exact) mass is 480 g/mol. The Balaban J connectivity index is 0.00000338. The number of hydrogen-bond acceptors (Lipinski definition) is 5. The molecule has 1 aromatic heterocycles. The summed E-state index contributed by atoms with van der Waals surface area (Å²) >= 11 is 0. The Morgan fingerprint density at radius 2 is 2.19 bits per heavy atom. The molecule has 7 nitrogen and oxygen atoms in total. The molecule has 0 amide bonds. The maximum absolute atomic E-state index is 5.76. The van der Waals surface area contributed by atoms with E-state index in [-0.39, 0.29) is 35.5 Å². The molecule has 1 unspecified atom stereocenters. The van der Waals surface area contributed by atoms with Gasteiger partial charge in [0.05, 0.1) is 25.5 Å². The van der Waals surface area contributed by atoms with Gasteiger partial charge in [0, 0.05) is 25.1 Å². The van der Waals surface area contributed by atoms with Crippen molar-refractivity contribution in [3.8, 4) is 0 Å². The first-order valence-electron chi connectivity index (χ1n) is 9.15. The van der Waals surface area contributed by atoms with Gasteiger partial charge in [0.2, 0.25) is 5.89 Å². The lowest BCUT2D eigenvalue weighted by Gasteiger charge is -2.13. The van der Waals surface area contributed by atoms with Crippen LogP contribution in [0.25, 0.3) is 0 Å². The first-order valence-corrected chi connectivity index (χ1v) is 9.15. The van der Waals surface area contributed by atoms with E-state index in [0.717, 1.165) is 37.7 Å². The maximum Gasteiger partial charge on any atom is 0.216 e. The molecule has 1 fully saturated rings. The van der Waals surface area contributed by atoms with Crippen LogP contribution in [0.3, 0.4) is 0 Å². The largest absolute Gasteiger partial charge is 0.443 e. The van der Waals surface area contributed by atoms with Crippen LogP contribution in [0.4, 0.5) is 0 Å². The second-order valence-corrected chi connectivity index (χ2v) is 7.20. The van der Waals surface area contributed by atoms with Gasteiger partial charge in [0.25, 0.3) is 0 Å². The van der Waals surface area contributed by atoms with Crippen LogP contribution in [0.5, 0.6) is 0 Å². The van der Waals surface area contributed by atoms with E-state index in [4.69, 9.17) is 13.9 Å². The van der Waals surface area contributed by atoms with Crippen molar-refractivity contribution in [1.29, 1.82) is 0 Å². The second kappa shape index (κ2) is 11.8. The average Bonchev–Trinajstić information content (AvgIpc) is 3.23. The van der Waals surface area contributed by atoms with Crippen LogP contribution < -0.4 is 10.6 Å².